The Kier molecular flexibility index (Phi) is 7.61. The third-order valence-corrected chi connectivity index (χ3v) is 1.54. The van der Waals surface area contributed by atoms with Crippen LogP contribution in [0.3, 0.4) is 0 Å². The summed E-state index contributed by atoms with van der Waals surface area (Å²) in [6.07, 6.45) is 3.53. The van der Waals surface area contributed by atoms with Crippen molar-refractivity contribution in [3.05, 3.63) is 10.6 Å². The van der Waals surface area contributed by atoms with Crippen LogP contribution >= 0.6 is 34.8 Å². The number of rotatable bonds is 5. The van der Waals surface area contributed by atoms with E-state index in [1.807, 2.05) is 0 Å². The second-order valence-electron chi connectivity index (χ2n) is 2.03. The van der Waals surface area contributed by atoms with Crippen molar-refractivity contribution in [1.82, 2.24) is 0 Å². The summed E-state index contributed by atoms with van der Waals surface area (Å²) >= 11 is 16.3. The van der Waals surface area contributed by atoms with Crippen LogP contribution in [0.15, 0.2) is 10.6 Å². The molecule has 0 aromatic carbocycles. The molecule has 1 nitrogen and oxygen atoms in total. The molecule has 1 unspecified atom stereocenters. The molecule has 0 aliphatic rings. The lowest BCUT2D eigenvalue weighted by atomic mass is 10.4. The molecule has 11 heavy (non-hydrogen) atoms. The van der Waals surface area contributed by atoms with Crippen LogP contribution in [0.4, 0.5) is 0 Å². The summed E-state index contributed by atoms with van der Waals surface area (Å²) in [7, 11) is 0. The van der Waals surface area contributed by atoms with Gasteiger partial charge in [0.25, 0.3) is 0 Å². The number of hydrogen-bond donors (Lipinski definition) is 0. The van der Waals surface area contributed by atoms with Crippen LogP contribution in [0.1, 0.15) is 19.8 Å². The van der Waals surface area contributed by atoms with Crippen molar-refractivity contribution in [2.24, 2.45) is 0 Å². The van der Waals surface area contributed by atoms with Crippen molar-refractivity contribution < 1.29 is 4.74 Å². The first-order valence-electron chi connectivity index (χ1n) is 3.45. The van der Waals surface area contributed by atoms with Crippen LogP contribution < -0.4 is 0 Å². The zero-order valence-electron chi connectivity index (χ0n) is 6.32. The van der Waals surface area contributed by atoms with Crippen LogP contribution in [0.2, 0.25) is 0 Å². The summed E-state index contributed by atoms with van der Waals surface area (Å²) in [5.74, 6) is 0. The maximum absolute atomic E-state index is 5.64. The van der Waals surface area contributed by atoms with Crippen LogP contribution in [0.5, 0.6) is 0 Å². The molecule has 0 fully saturated rings. The fraction of sp³-hybridized carbons (Fsp3) is 0.714. The highest BCUT2D eigenvalue weighted by atomic mass is 35.5. The summed E-state index contributed by atoms with van der Waals surface area (Å²) in [4.78, 5) is 0. The van der Waals surface area contributed by atoms with Crippen molar-refractivity contribution in [3.63, 3.8) is 0 Å². The quantitative estimate of drug-likeness (QED) is 0.504. The first-order valence-corrected chi connectivity index (χ1v) is 4.64. The van der Waals surface area contributed by atoms with Crippen molar-refractivity contribution >= 4 is 34.8 Å². The van der Waals surface area contributed by atoms with Crippen molar-refractivity contribution in [3.8, 4) is 0 Å². The van der Waals surface area contributed by atoms with E-state index in [1.54, 1.807) is 0 Å². The van der Waals surface area contributed by atoms with E-state index < -0.39 is 5.56 Å². The summed E-state index contributed by atoms with van der Waals surface area (Å²) in [5.41, 5.74) is -0.508. The molecule has 1 atom stereocenters. The molecular weight excluding hydrogens is 206 g/mol. The Morgan fingerprint density at radius 3 is 2.64 bits per heavy atom. The molecule has 0 amide bonds. The summed E-state index contributed by atoms with van der Waals surface area (Å²) in [6.45, 7) is 2.72. The highest BCUT2D eigenvalue weighted by Gasteiger charge is 1.99. The third kappa shape index (κ3) is 8.48. The van der Waals surface area contributed by atoms with Gasteiger partial charge in [0.2, 0.25) is 0 Å². The van der Waals surface area contributed by atoms with Gasteiger partial charge in [-0.15, -0.1) is 0 Å². The molecule has 0 heterocycles. The van der Waals surface area contributed by atoms with Gasteiger partial charge in [0.1, 0.15) is 4.49 Å². The highest BCUT2D eigenvalue weighted by molar-refractivity contribution is 6.56. The van der Waals surface area contributed by atoms with E-state index in [0.717, 1.165) is 12.8 Å². The van der Waals surface area contributed by atoms with Crippen LogP contribution in [-0.2, 0) is 4.74 Å². The number of ether oxygens (including phenoxy) is 1. The number of halogens is 3. The predicted octanol–water partition coefficient (Wildman–Crippen LogP) is 3.69. The second kappa shape index (κ2) is 7.23. The molecule has 66 valence electrons. The van der Waals surface area contributed by atoms with Crippen molar-refractivity contribution in [2.45, 2.75) is 25.3 Å². The van der Waals surface area contributed by atoms with E-state index >= 15 is 0 Å². The zero-order valence-corrected chi connectivity index (χ0v) is 8.59. The smallest absolute Gasteiger partial charge is 0.152 e. The van der Waals surface area contributed by atoms with Gasteiger partial charge >= 0.3 is 0 Å². The Balaban J connectivity index is 3.37. The minimum absolute atomic E-state index is 0.140. The minimum Gasteiger partial charge on any atom is -0.359 e. The third-order valence-electron chi connectivity index (χ3n) is 1.03. The van der Waals surface area contributed by atoms with Gasteiger partial charge in [0.15, 0.2) is 5.56 Å². The Labute approximate surface area is 82.3 Å². The molecule has 0 saturated carbocycles. The monoisotopic (exact) mass is 216 g/mol. The molecule has 0 aromatic heterocycles. The number of hydrogen-bond acceptors (Lipinski definition) is 1. The standard InChI is InChI=1S/C7H11Cl3O/c1-2-3-4-11-7(10)5-6(8)9/h5,7H,2-4H2,1H3. The largest absolute Gasteiger partial charge is 0.359 e. The van der Waals surface area contributed by atoms with E-state index in [2.05, 4.69) is 6.92 Å². The predicted molar refractivity (Wildman–Crippen MR) is 50.3 cm³/mol. The molecule has 0 spiro atoms. The molecule has 0 bridgehead atoms. The highest BCUT2D eigenvalue weighted by Crippen LogP contribution is 2.12. The first kappa shape index (κ1) is 11.6. The molecular formula is C7H11Cl3O. The fourth-order valence-corrected chi connectivity index (χ4v) is 1.06. The van der Waals surface area contributed by atoms with Gasteiger partial charge in [-0.05, 0) is 12.5 Å². The van der Waals surface area contributed by atoms with Crippen molar-refractivity contribution in [2.75, 3.05) is 6.61 Å². The lowest BCUT2D eigenvalue weighted by molar-refractivity contribution is 0.132. The number of unbranched alkanes of at least 4 members (excludes halogenated alkanes) is 1. The summed E-state index contributed by atoms with van der Waals surface area (Å²) < 4.78 is 5.25. The Morgan fingerprint density at radius 1 is 1.55 bits per heavy atom. The second-order valence-corrected chi connectivity index (χ2v) is 3.47. The molecule has 0 radical (unpaired) electrons. The van der Waals surface area contributed by atoms with E-state index in [1.165, 1.54) is 6.08 Å². The minimum atomic E-state index is -0.508. The van der Waals surface area contributed by atoms with Gasteiger partial charge in [-0.25, -0.2) is 0 Å². The summed E-state index contributed by atoms with van der Waals surface area (Å²) in [6, 6.07) is 0. The van der Waals surface area contributed by atoms with E-state index in [-0.39, 0.29) is 4.49 Å². The van der Waals surface area contributed by atoms with Crippen LogP contribution in [-0.4, -0.2) is 12.2 Å². The van der Waals surface area contributed by atoms with Crippen LogP contribution in [0, 0.1) is 0 Å². The maximum atomic E-state index is 5.64. The first-order chi connectivity index (χ1) is 5.16. The van der Waals surface area contributed by atoms with E-state index in [4.69, 9.17) is 39.5 Å². The molecule has 4 heteroatoms. The van der Waals surface area contributed by atoms with Gasteiger partial charge in [0, 0.05) is 6.61 Å². The normalized spacial score (nSPS) is 12.7. The summed E-state index contributed by atoms with van der Waals surface area (Å²) in [5, 5.41) is 0. The lowest BCUT2D eigenvalue weighted by Gasteiger charge is -2.04. The zero-order chi connectivity index (χ0) is 8.69. The Morgan fingerprint density at radius 2 is 2.18 bits per heavy atom. The van der Waals surface area contributed by atoms with Gasteiger partial charge in [-0.3, -0.25) is 0 Å². The number of alkyl halides is 1. The molecule has 0 N–H and O–H groups in total. The van der Waals surface area contributed by atoms with Gasteiger partial charge in [-0.1, -0.05) is 48.1 Å². The van der Waals surface area contributed by atoms with Gasteiger partial charge in [-0.2, -0.15) is 0 Å². The lowest BCUT2D eigenvalue weighted by Crippen LogP contribution is -2.02. The topological polar surface area (TPSA) is 9.23 Å². The molecule has 0 rings (SSSR count). The van der Waals surface area contributed by atoms with Crippen molar-refractivity contribution in [1.29, 1.82) is 0 Å². The molecule has 0 aromatic rings. The molecule has 0 aliphatic heterocycles. The van der Waals surface area contributed by atoms with Gasteiger partial charge < -0.3 is 4.74 Å². The fourth-order valence-electron chi connectivity index (χ4n) is 0.487. The average Bonchev–Trinajstić information content (AvgIpc) is 1.86. The Bertz CT molecular complexity index is 121. The SMILES string of the molecule is CCCCOC(Cl)C=C(Cl)Cl. The Hall–Kier alpha value is 0.570. The van der Waals surface area contributed by atoms with Gasteiger partial charge in [0.05, 0.1) is 0 Å². The molecule has 0 saturated heterocycles. The average molecular weight is 218 g/mol. The van der Waals surface area contributed by atoms with E-state index in [9.17, 15) is 0 Å². The molecule has 0 aliphatic carbocycles. The van der Waals surface area contributed by atoms with E-state index in [0.29, 0.717) is 6.61 Å². The van der Waals surface area contributed by atoms with Crippen LogP contribution in [0.25, 0.3) is 0 Å². The maximum Gasteiger partial charge on any atom is 0.152 e.